The number of aromatic amines is 1. The van der Waals surface area contributed by atoms with Crippen LogP contribution in [-0.4, -0.2) is 58.7 Å². The highest BCUT2D eigenvalue weighted by Gasteiger charge is 2.45. The number of ether oxygens (including phenoxy) is 1. The molecule has 0 spiro atoms. The Hall–Kier alpha value is -2.34. The van der Waals surface area contributed by atoms with Crippen molar-refractivity contribution >= 4 is 5.91 Å². The first-order valence-electron chi connectivity index (χ1n) is 10.4. The second kappa shape index (κ2) is 7.24. The number of fused-ring (bicyclic) bond motifs is 4. The highest BCUT2D eigenvalue weighted by Crippen LogP contribution is 2.44. The molecule has 3 aliphatic rings. The monoisotopic (exact) mass is 380 g/mol. The normalized spacial score (nSPS) is 30.0. The lowest BCUT2D eigenvalue weighted by molar-refractivity contribution is -0.0511. The molecule has 0 unspecified atom stereocenters. The summed E-state index contributed by atoms with van der Waals surface area (Å²) in [7, 11) is 1.72. The number of H-pyrrole nitrogens is 1. The molecule has 3 aliphatic heterocycles. The molecule has 1 amide bonds. The molecule has 2 aromatic rings. The first-order valence-corrected chi connectivity index (χ1v) is 10.4. The molecule has 2 bridgehead atoms. The van der Waals surface area contributed by atoms with Crippen LogP contribution in [0.25, 0.3) is 0 Å². The Bertz CT molecular complexity index is 820. The van der Waals surface area contributed by atoms with Crippen molar-refractivity contribution in [1.29, 1.82) is 0 Å². The maximum Gasteiger partial charge on any atom is 0.257 e. The molecule has 1 aromatic heterocycles. The lowest BCUT2D eigenvalue weighted by Crippen LogP contribution is -2.60. The summed E-state index contributed by atoms with van der Waals surface area (Å²) in [5.74, 6) is 2.17. The minimum Gasteiger partial charge on any atom is -0.497 e. The van der Waals surface area contributed by atoms with Crippen LogP contribution in [0.15, 0.2) is 36.7 Å². The largest absolute Gasteiger partial charge is 0.497 e. The Morgan fingerprint density at radius 1 is 1.18 bits per heavy atom. The molecule has 1 N–H and O–H groups in total. The number of methoxy groups -OCH3 is 1. The fraction of sp³-hybridized carbons (Fsp3) is 0.545. The lowest BCUT2D eigenvalue weighted by atomic mass is 9.74. The lowest BCUT2D eigenvalue weighted by Gasteiger charge is -2.55. The zero-order valence-electron chi connectivity index (χ0n) is 16.4. The molecule has 5 rings (SSSR count). The van der Waals surface area contributed by atoms with Crippen molar-refractivity contribution in [3.05, 3.63) is 47.8 Å². The van der Waals surface area contributed by atoms with Gasteiger partial charge in [-0.1, -0.05) is 12.1 Å². The van der Waals surface area contributed by atoms with Gasteiger partial charge in [0.15, 0.2) is 0 Å². The highest BCUT2D eigenvalue weighted by molar-refractivity contribution is 5.93. The zero-order chi connectivity index (χ0) is 19.1. The average Bonchev–Trinajstić information content (AvgIpc) is 3.28. The van der Waals surface area contributed by atoms with E-state index in [-0.39, 0.29) is 5.91 Å². The molecular weight excluding hydrogens is 352 g/mol. The summed E-state index contributed by atoms with van der Waals surface area (Å²) in [4.78, 5) is 17.7. The molecule has 148 valence electrons. The number of nitrogens with zero attached hydrogens (tertiary/aromatic N) is 3. The summed E-state index contributed by atoms with van der Waals surface area (Å²) in [5.41, 5.74) is 2.08. The molecule has 1 aromatic carbocycles. The number of likely N-dealkylation sites (tertiary alicyclic amines) is 1. The number of rotatable bonds is 3. The van der Waals surface area contributed by atoms with E-state index >= 15 is 0 Å². The van der Waals surface area contributed by atoms with E-state index in [1.807, 2.05) is 0 Å². The average molecular weight is 380 g/mol. The molecule has 4 heterocycles. The van der Waals surface area contributed by atoms with Gasteiger partial charge in [-0.25, -0.2) is 0 Å². The number of hydrogen-bond acceptors (Lipinski definition) is 4. The molecule has 28 heavy (non-hydrogen) atoms. The summed E-state index contributed by atoms with van der Waals surface area (Å²) < 4.78 is 5.33. The Kier molecular flexibility index (Phi) is 4.59. The predicted octanol–water partition coefficient (Wildman–Crippen LogP) is 3.11. The van der Waals surface area contributed by atoms with Crippen LogP contribution < -0.4 is 4.74 Å². The van der Waals surface area contributed by atoms with Crippen LogP contribution in [0.1, 0.15) is 47.6 Å². The Morgan fingerprint density at radius 2 is 2.04 bits per heavy atom. The number of piperidine rings is 3. The number of hydrogen-bond donors (Lipinski definition) is 1. The van der Waals surface area contributed by atoms with Gasteiger partial charge in [-0.2, -0.15) is 5.10 Å². The minimum absolute atomic E-state index is 0.124. The van der Waals surface area contributed by atoms with Gasteiger partial charge in [0.25, 0.3) is 5.91 Å². The second-order valence-electron chi connectivity index (χ2n) is 8.54. The maximum atomic E-state index is 12.8. The van der Waals surface area contributed by atoms with Crippen LogP contribution in [0.3, 0.4) is 0 Å². The minimum atomic E-state index is 0.124. The predicted molar refractivity (Wildman–Crippen MR) is 106 cm³/mol. The van der Waals surface area contributed by atoms with Crippen molar-refractivity contribution < 1.29 is 9.53 Å². The third-order valence-corrected chi connectivity index (χ3v) is 6.92. The van der Waals surface area contributed by atoms with E-state index in [0.717, 1.165) is 25.4 Å². The molecule has 3 saturated heterocycles. The van der Waals surface area contributed by atoms with Crippen LogP contribution in [0, 0.1) is 11.8 Å². The van der Waals surface area contributed by atoms with Gasteiger partial charge in [-0.15, -0.1) is 0 Å². The van der Waals surface area contributed by atoms with E-state index in [0.29, 0.717) is 29.5 Å². The van der Waals surface area contributed by atoms with Crippen LogP contribution >= 0.6 is 0 Å². The third-order valence-electron chi connectivity index (χ3n) is 6.92. The van der Waals surface area contributed by atoms with E-state index in [1.54, 1.807) is 19.5 Å². The number of aromatic nitrogens is 2. The smallest absolute Gasteiger partial charge is 0.257 e. The summed E-state index contributed by atoms with van der Waals surface area (Å²) in [6, 6.07) is 9.68. The van der Waals surface area contributed by atoms with Crippen molar-refractivity contribution in [3.63, 3.8) is 0 Å². The second-order valence-corrected chi connectivity index (χ2v) is 8.54. The van der Waals surface area contributed by atoms with Gasteiger partial charge in [0.1, 0.15) is 5.75 Å². The van der Waals surface area contributed by atoms with Gasteiger partial charge in [0.05, 0.1) is 18.9 Å². The van der Waals surface area contributed by atoms with Gasteiger partial charge in [-0.3, -0.25) is 14.8 Å². The highest BCUT2D eigenvalue weighted by atomic mass is 16.5. The van der Waals surface area contributed by atoms with Crippen molar-refractivity contribution in [2.45, 2.75) is 37.8 Å². The van der Waals surface area contributed by atoms with E-state index < -0.39 is 0 Å². The Morgan fingerprint density at radius 3 is 2.79 bits per heavy atom. The van der Waals surface area contributed by atoms with Crippen LogP contribution in [0.5, 0.6) is 5.75 Å². The van der Waals surface area contributed by atoms with Gasteiger partial charge in [-0.05, 0) is 55.2 Å². The van der Waals surface area contributed by atoms with Crippen molar-refractivity contribution in [2.75, 3.05) is 26.7 Å². The molecule has 6 nitrogen and oxygen atoms in total. The van der Waals surface area contributed by atoms with Crippen LogP contribution in [0.2, 0.25) is 0 Å². The van der Waals surface area contributed by atoms with E-state index in [2.05, 4.69) is 44.3 Å². The third kappa shape index (κ3) is 3.09. The van der Waals surface area contributed by atoms with Gasteiger partial charge in [0, 0.05) is 37.9 Å². The molecular formula is C22H28N4O2. The van der Waals surface area contributed by atoms with E-state index in [9.17, 15) is 4.79 Å². The summed E-state index contributed by atoms with van der Waals surface area (Å²) >= 11 is 0. The first-order chi connectivity index (χ1) is 13.7. The molecule has 4 atom stereocenters. The van der Waals surface area contributed by atoms with E-state index in [1.165, 1.54) is 31.2 Å². The van der Waals surface area contributed by atoms with Gasteiger partial charge < -0.3 is 9.64 Å². The number of amides is 1. The summed E-state index contributed by atoms with van der Waals surface area (Å²) in [5, 5.41) is 6.70. The van der Waals surface area contributed by atoms with Gasteiger partial charge in [0.2, 0.25) is 0 Å². The summed E-state index contributed by atoms with van der Waals surface area (Å²) in [6.07, 6.45) is 8.33. The standard InChI is InChI=1S/C22H28N4O2/c1-28-19-7-5-16(6-8-19)20-3-2-4-21-17-9-15(13-26(20)21)12-25(14-17)22(27)18-10-23-24-11-18/h5-8,10-11,15,17,20-21H,2-4,9,12-14H2,1H3,(H,23,24)/t15-,17+,20+,21-/m0/s1. The number of carbonyl (C=O) groups is 1. The van der Waals surface area contributed by atoms with E-state index in [4.69, 9.17) is 4.74 Å². The van der Waals surface area contributed by atoms with Crippen molar-refractivity contribution in [2.24, 2.45) is 11.8 Å². The zero-order valence-corrected chi connectivity index (χ0v) is 16.4. The topological polar surface area (TPSA) is 61.5 Å². The molecule has 0 saturated carbocycles. The maximum absolute atomic E-state index is 12.8. The van der Waals surface area contributed by atoms with Gasteiger partial charge >= 0.3 is 0 Å². The molecule has 0 radical (unpaired) electrons. The SMILES string of the molecule is COc1ccc([C@H]2CCC[C@H]3[C@@H]4C[C@@H](CN(C(=O)c5cn[nH]c5)C4)CN23)cc1. The van der Waals surface area contributed by atoms with Crippen LogP contribution in [0.4, 0.5) is 0 Å². The molecule has 0 aliphatic carbocycles. The number of carbonyl (C=O) groups excluding carboxylic acids is 1. The molecule has 6 heteroatoms. The first kappa shape index (κ1) is 17.7. The number of benzene rings is 1. The number of nitrogens with one attached hydrogen (secondary N) is 1. The summed E-state index contributed by atoms with van der Waals surface area (Å²) in [6.45, 7) is 2.82. The Balaban J connectivity index is 1.35. The molecule has 3 fully saturated rings. The Labute approximate surface area is 165 Å². The fourth-order valence-electron chi connectivity index (χ4n) is 5.71. The van der Waals surface area contributed by atoms with Crippen molar-refractivity contribution in [3.8, 4) is 5.75 Å². The quantitative estimate of drug-likeness (QED) is 0.889. The fourth-order valence-corrected chi connectivity index (χ4v) is 5.71. The van der Waals surface area contributed by atoms with Crippen LogP contribution in [-0.2, 0) is 0 Å². The van der Waals surface area contributed by atoms with Crippen molar-refractivity contribution in [1.82, 2.24) is 20.0 Å².